The van der Waals surface area contributed by atoms with Crippen molar-refractivity contribution in [3.05, 3.63) is 231 Å². The minimum Gasteiger partial charge on any atom is -0.455 e. The Morgan fingerprint density at radius 3 is 1.80 bits per heavy atom. The molecule has 0 radical (unpaired) electrons. The van der Waals surface area contributed by atoms with Crippen LogP contribution in [-0.4, -0.2) is 4.57 Å². The summed E-state index contributed by atoms with van der Waals surface area (Å²) in [6.45, 7) is 0. The number of benzene rings is 10. The molecule has 64 heavy (non-hydrogen) atoms. The fourth-order valence-corrected chi connectivity index (χ4v) is 10.9. The Labute approximate surface area is 373 Å². The van der Waals surface area contributed by atoms with Crippen LogP contribution in [0.5, 0.6) is 0 Å². The van der Waals surface area contributed by atoms with Gasteiger partial charge in [0.25, 0.3) is 0 Å². The summed E-state index contributed by atoms with van der Waals surface area (Å²) in [5.74, 6) is 0. The molecule has 0 fully saturated rings. The molecule has 4 heteroatoms. The number of rotatable bonds is 7. The molecule has 0 N–H and O–H groups in total. The van der Waals surface area contributed by atoms with Crippen LogP contribution in [0.3, 0.4) is 0 Å². The van der Waals surface area contributed by atoms with Gasteiger partial charge in [0.05, 0.1) is 22.1 Å². The summed E-state index contributed by atoms with van der Waals surface area (Å²) in [6, 6.07) is 83.3. The van der Waals surface area contributed by atoms with Crippen molar-refractivity contribution in [2.45, 2.75) is 0 Å². The fourth-order valence-electron chi connectivity index (χ4n) is 9.83. The van der Waals surface area contributed by atoms with Crippen molar-refractivity contribution in [1.82, 2.24) is 4.57 Å². The molecule has 0 atom stereocenters. The van der Waals surface area contributed by atoms with Gasteiger partial charge >= 0.3 is 0 Å². The summed E-state index contributed by atoms with van der Waals surface area (Å²) in [6.07, 6.45) is 0. The first-order valence-electron chi connectivity index (χ1n) is 21.7. The lowest BCUT2D eigenvalue weighted by Gasteiger charge is -2.27. The first kappa shape index (κ1) is 36.5. The molecule has 0 aliphatic heterocycles. The maximum Gasteiger partial charge on any atom is 0.145 e. The predicted octanol–water partition coefficient (Wildman–Crippen LogP) is 17.5. The number of para-hydroxylation sites is 3. The van der Waals surface area contributed by atoms with Gasteiger partial charge in [0.1, 0.15) is 11.2 Å². The molecule has 3 aromatic heterocycles. The van der Waals surface area contributed by atoms with Crippen LogP contribution in [0.25, 0.3) is 103 Å². The van der Waals surface area contributed by atoms with E-state index >= 15 is 0 Å². The first-order chi connectivity index (χ1) is 31.7. The van der Waals surface area contributed by atoms with Crippen molar-refractivity contribution < 1.29 is 4.42 Å². The molecule has 3 nitrogen and oxygen atoms in total. The molecular weight excluding hydrogens is 797 g/mol. The van der Waals surface area contributed by atoms with Crippen LogP contribution in [0.2, 0.25) is 0 Å². The molecule has 0 saturated carbocycles. The second kappa shape index (κ2) is 14.7. The van der Waals surface area contributed by atoms with E-state index in [1.165, 1.54) is 58.7 Å². The van der Waals surface area contributed by atoms with Gasteiger partial charge < -0.3 is 13.9 Å². The molecule has 0 aliphatic rings. The molecule has 0 spiro atoms. The van der Waals surface area contributed by atoms with E-state index in [2.05, 4.69) is 240 Å². The maximum atomic E-state index is 6.98. The van der Waals surface area contributed by atoms with E-state index in [0.717, 1.165) is 61.4 Å². The summed E-state index contributed by atoms with van der Waals surface area (Å²) < 4.78 is 12.0. The van der Waals surface area contributed by atoms with Crippen molar-refractivity contribution in [3.63, 3.8) is 0 Å². The Balaban J connectivity index is 1.01. The van der Waals surface area contributed by atoms with E-state index in [1.54, 1.807) is 0 Å². The van der Waals surface area contributed by atoms with Gasteiger partial charge in [-0.3, -0.25) is 0 Å². The molecule has 3 heterocycles. The number of furan rings is 1. The zero-order valence-corrected chi connectivity index (χ0v) is 35.5. The molecule has 13 rings (SSSR count). The number of hydrogen-bond donors (Lipinski definition) is 0. The third kappa shape index (κ3) is 5.88. The lowest BCUT2D eigenvalue weighted by molar-refractivity contribution is 0.670. The zero-order valence-electron chi connectivity index (χ0n) is 34.7. The highest BCUT2D eigenvalue weighted by molar-refractivity contribution is 7.25. The lowest BCUT2D eigenvalue weighted by Crippen LogP contribution is -2.10. The second-order valence-corrected chi connectivity index (χ2v) is 17.5. The molecule has 0 saturated heterocycles. The number of thiophene rings is 1. The minimum absolute atomic E-state index is 0.856. The summed E-state index contributed by atoms with van der Waals surface area (Å²) >= 11 is 1.85. The third-order valence-corrected chi connectivity index (χ3v) is 13.9. The van der Waals surface area contributed by atoms with Gasteiger partial charge in [-0.2, -0.15) is 0 Å². The Hall–Kier alpha value is -8.18. The van der Waals surface area contributed by atoms with Crippen LogP contribution in [0.4, 0.5) is 17.1 Å². The molecule has 13 aromatic rings. The van der Waals surface area contributed by atoms with Crippen LogP contribution in [-0.2, 0) is 0 Å². The van der Waals surface area contributed by atoms with E-state index in [1.807, 2.05) is 11.3 Å². The van der Waals surface area contributed by atoms with Crippen molar-refractivity contribution >= 4 is 92.3 Å². The Morgan fingerprint density at radius 2 is 0.984 bits per heavy atom. The number of hydrogen-bond acceptors (Lipinski definition) is 3. The molecule has 0 amide bonds. The number of nitrogens with zero attached hydrogens (tertiary/aromatic N) is 2. The van der Waals surface area contributed by atoms with Crippen LogP contribution < -0.4 is 4.90 Å². The smallest absolute Gasteiger partial charge is 0.145 e. The first-order valence-corrected chi connectivity index (χ1v) is 22.6. The molecular formula is C60H38N2OS. The molecule has 0 unspecified atom stereocenters. The highest BCUT2D eigenvalue weighted by Gasteiger charge is 2.23. The Kier molecular flexibility index (Phi) is 8.40. The monoisotopic (exact) mass is 834 g/mol. The lowest BCUT2D eigenvalue weighted by atomic mass is 9.98. The van der Waals surface area contributed by atoms with Crippen molar-refractivity contribution in [2.75, 3.05) is 4.90 Å². The topological polar surface area (TPSA) is 21.3 Å². The molecule has 10 aromatic carbocycles. The van der Waals surface area contributed by atoms with Crippen molar-refractivity contribution in [3.8, 4) is 39.1 Å². The maximum absolute atomic E-state index is 6.98. The normalized spacial score (nSPS) is 11.8. The summed E-state index contributed by atoms with van der Waals surface area (Å²) in [7, 11) is 0. The van der Waals surface area contributed by atoms with E-state index in [9.17, 15) is 0 Å². The van der Waals surface area contributed by atoms with Gasteiger partial charge in [0, 0.05) is 59.0 Å². The quantitative estimate of drug-likeness (QED) is 0.159. The van der Waals surface area contributed by atoms with Crippen molar-refractivity contribution in [2.24, 2.45) is 0 Å². The van der Waals surface area contributed by atoms with E-state index in [-0.39, 0.29) is 0 Å². The van der Waals surface area contributed by atoms with Gasteiger partial charge in [0.15, 0.2) is 0 Å². The third-order valence-electron chi connectivity index (χ3n) is 12.8. The zero-order chi connectivity index (χ0) is 42.1. The molecule has 0 bridgehead atoms. The van der Waals surface area contributed by atoms with E-state index in [4.69, 9.17) is 4.42 Å². The molecule has 0 aliphatic carbocycles. The van der Waals surface area contributed by atoms with Gasteiger partial charge in [-0.05, 0) is 113 Å². The predicted molar refractivity (Wildman–Crippen MR) is 272 cm³/mol. The largest absolute Gasteiger partial charge is 0.455 e. The molecule has 300 valence electrons. The van der Waals surface area contributed by atoms with Crippen LogP contribution in [0.1, 0.15) is 0 Å². The van der Waals surface area contributed by atoms with E-state index in [0.29, 0.717) is 0 Å². The Morgan fingerprint density at radius 1 is 0.375 bits per heavy atom. The second-order valence-electron chi connectivity index (χ2n) is 16.5. The van der Waals surface area contributed by atoms with Crippen LogP contribution in [0.15, 0.2) is 235 Å². The van der Waals surface area contributed by atoms with Gasteiger partial charge in [0.2, 0.25) is 0 Å². The van der Waals surface area contributed by atoms with Crippen LogP contribution >= 0.6 is 11.3 Å². The van der Waals surface area contributed by atoms with Gasteiger partial charge in [-0.15, -0.1) is 11.3 Å². The number of aromatic nitrogens is 1. The standard InChI is InChI=1S/C60H38N2OS/c1-2-14-39(15-3-1)40-28-31-44(32-29-40)61(45-18-12-16-41(36-45)42-30-35-58-52(38-42)50-22-7-11-27-57(50)64-58)55-34-33-47(60-59(55)51-23-6-10-26-56(51)63-60)43-17-13-19-46(37-43)62-53-24-8-4-20-48(53)49-21-5-9-25-54(49)62/h1-38H. The van der Waals surface area contributed by atoms with Crippen LogP contribution in [0, 0.1) is 0 Å². The fraction of sp³-hybridized carbons (Fsp3) is 0. The average Bonchev–Trinajstić information content (AvgIpc) is 4.05. The average molecular weight is 835 g/mol. The Bertz CT molecular complexity index is 3860. The summed E-state index contributed by atoms with van der Waals surface area (Å²) in [4.78, 5) is 2.40. The number of fused-ring (bicyclic) bond motifs is 9. The number of anilines is 3. The summed E-state index contributed by atoms with van der Waals surface area (Å²) in [5.41, 5.74) is 15.2. The minimum atomic E-state index is 0.856. The summed E-state index contributed by atoms with van der Waals surface area (Å²) in [5, 5.41) is 7.23. The van der Waals surface area contributed by atoms with Gasteiger partial charge in [-0.25, -0.2) is 0 Å². The van der Waals surface area contributed by atoms with E-state index < -0.39 is 0 Å². The SMILES string of the molecule is c1ccc(-c2ccc(N(c3cccc(-c4ccc5sc6ccccc6c5c4)c3)c3ccc(-c4cccc(-n5c6ccccc6c6ccccc65)c4)c4oc5ccccc5c34)cc2)cc1. The highest BCUT2D eigenvalue weighted by atomic mass is 32.1. The van der Waals surface area contributed by atoms with Gasteiger partial charge in [-0.1, -0.05) is 146 Å². The van der Waals surface area contributed by atoms with Crippen molar-refractivity contribution in [1.29, 1.82) is 0 Å². The highest BCUT2D eigenvalue weighted by Crippen LogP contribution is 2.47.